The largest absolute Gasteiger partial charge is 0.294 e. The first-order chi connectivity index (χ1) is 11.8. The zero-order chi connectivity index (χ0) is 16.5. The monoisotopic (exact) mass is 330 g/mol. The number of ketones is 1. The van der Waals surface area contributed by atoms with Gasteiger partial charge in [0.15, 0.2) is 5.78 Å². The highest BCUT2D eigenvalue weighted by Gasteiger charge is 2.22. The van der Waals surface area contributed by atoms with Gasteiger partial charge in [0.1, 0.15) is 6.07 Å². The minimum atomic E-state index is 0.1000. The van der Waals surface area contributed by atoms with Crippen LogP contribution in [-0.4, -0.2) is 10.8 Å². The number of aromatic nitrogens is 1. The highest BCUT2D eigenvalue weighted by molar-refractivity contribution is 7.18. The van der Waals surface area contributed by atoms with Crippen molar-refractivity contribution < 1.29 is 4.79 Å². The summed E-state index contributed by atoms with van der Waals surface area (Å²) in [5.74, 6) is 0.1000. The number of nitriles is 1. The lowest BCUT2D eigenvalue weighted by molar-refractivity contribution is 0.0971. The van der Waals surface area contributed by atoms with Gasteiger partial charge in [0.05, 0.1) is 21.8 Å². The lowest BCUT2D eigenvalue weighted by atomic mass is 9.93. The van der Waals surface area contributed by atoms with Crippen LogP contribution < -0.4 is 0 Å². The average molecular weight is 330 g/mol. The van der Waals surface area contributed by atoms with Gasteiger partial charge in [0.25, 0.3) is 0 Å². The molecular weight excluding hydrogens is 316 g/mol. The standard InChI is InChI=1S/C20H14N2OS/c21-12-14-11-15-16(7-4-8-17(15)23)22-20(14)19-10-9-18(24-19)13-5-2-1-3-6-13/h1-3,5-6,9-11H,4,7-8H2. The summed E-state index contributed by atoms with van der Waals surface area (Å²) in [5, 5.41) is 9.49. The van der Waals surface area contributed by atoms with Crippen molar-refractivity contribution in [3.05, 3.63) is 65.4 Å². The van der Waals surface area contributed by atoms with Crippen LogP contribution >= 0.6 is 11.3 Å². The lowest BCUT2D eigenvalue weighted by Gasteiger charge is -2.15. The fourth-order valence-corrected chi connectivity index (χ4v) is 4.05. The Kier molecular flexibility index (Phi) is 3.72. The van der Waals surface area contributed by atoms with Crippen LogP contribution in [0.3, 0.4) is 0 Å². The highest BCUT2D eigenvalue weighted by Crippen LogP contribution is 2.36. The number of hydrogen-bond acceptors (Lipinski definition) is 4. The molecular formula is C20H14N2OS. The van der Waals surface area contributed by atoms with E-state index < -0.39 is 0 Å². The molecule has 1 aliphatic carbocycles. The maximum Gasteiger partial charge on any atom is 0.164 e. The third kappa shape index (κ3) is 2.53. The minimum absolute atomic E-state index is 0.1000. The normalized spacial score (nSPS) is 13.4. The molecule has 2 aromatic heterocycles. The second-order valence-corrected chi connectivity index (χ2v) is 6.88. The summed E-state index contributed by atoms with van der Waals surface area (Å²) in [6.07, 6.45) is 2.19. The number of pyridine rings is 1. The van der Waals surface area contributed by atoms with Gasteiger partial charge >= 0.3 is 0 Å². The van der Waals surface area contributed by atoms with Crippen molar-refractivity contribution in [2.24, 2.45) is 0 Å². The Morgan fingerprint density at radius 1 is 1.04 bits per heavy atom. The number of benzene rings is 1. The van der Waals surface area contributed by atoms with Crippen LogP contribution in [0.2, 0.25) is 0 Å². The predicted octanol–water partition coefficient (Wildman–Crippen LogP) is 4.87. The summed E-state index contributed by atoms with van der Waals surface area (Å²) < 4.78 is 0. The maximum atomic E-state index is 12.0. The highest BCUT2D eigenvalue weighted by atomic mass is 32.1. The van der Waals surface area contributed by atoms with Crippen LogP contribution in [0.1, 0.15) is 34.5 Å². The molecule has 0 amide bonds. The molecule has 0 atom stereocenters. The molecule has 0 bridgehead atoms. The number of carbonyl (C=O) groups is 1. The van der Waals surface area contributed by atoms with E-state index in [2.05, 4.69) is 29.3 Å². The Balaban J connectivity index is 1.81. The molecule has 0 radical (unpaired) electrons. The minimum Gasteiger partial charge on any atom is -0.294 e. The average Bonchev–Trinajstić information content (AvgIpc) is 3.12. The molecule has 0 saturated heterocycles. The molecule has 0 fully saturated rings. The van der Waals surface area contributed by atoms with E-state index in [0.717, 1.165) is 33.9 Å². The van der Waals surface area contributed by atoms with Crippen molar-refractivity contribution in [2.45, 2.75) is 19.3 Å². The Bertz CT molecular complexity index is 967. The van der Waals surface area contributed by atoms with Gasteiger partial charge in [-0.3, -0.25) is 4.79 Å². The van der Waals surface area contributed by atoms with Gasteiger partial charge in [-0.05, 0) is 36.6 Å². The summed E-state index contributed by atoms with van der Waals surface area (Å²) >= 11 is 1.62. The molecule has 24 heavy (non-hydrogen) atoms. The Hall–Kier alpha value is -2.77. The summed E-state index contributed by atoms with van der Waals surface area (Å²) in [6, 6.07) is 18.2. The van der Waals surface area contributed by atoms with Crippen molar-refractivity contribution >= 4 is 17.1 Å². The van der Waals surface area contributed by atoms with E-state index in [4.69, 9.17) is 0 Å². The SMILES string of the molecule is N#Cc1cc2c(nc1-c1ccc(-c3ccccc3)s1)CCCC2=O. The van der Waals surface area contributed by atoms with Crippen molar-refractivity contribution in [3.63, 3.8) is 0 Å². The van der Waals surface area contributed by atoms with E-state index in [9.17, 15) is 10.1 Å². The second kappa shape index (κ2) is 6.03. The van der Waals surface area contributed by atoms with E-state index in [1.54, 1.807) is 17.4 Å². The number of Topliss-reactive ketones (excluding diaryl/α,β-unsaturated/α-hetero) is 1. The molecule has 0 unspecified atom stereocenters. The van der Waals surface area contributed by atoms with E-state index in [1.807, 2.05) is 24.3 Å². The number of nitrogens with zero attached hydrogens (tertiary/aromatic N) is 2. The van der Waals surface area contributed by atoms with Crippen LogP contribution in [0.5, 0.6) is 0 Å². The molecule has 3 aromatic rings. The molecule has 4 rings (SSSR count). The Labute approximate surface area is 144 Å². The molecule has 0 spiro atoms. The van der Waals surface area contributed by atoms with Gasteiger partial charge in [-0.25, -0.2) is 4.98 Å². The molecule has 1 aromatic carbocycles. The number of fused-ring (bicyclic) bond motifs is 1. The fourth-order valence-electron chi connectivity index (χ4n) is 3.03. The number of carbonyl (C=O) groups excluding carboxylic acids is 1. The van der Waals surface area contributed by atoms with Crippen molar-refractivity contribution in [1.82, 2.24) is 4.98 Å². The van der Waals surface area contributed by atoms with Gasteiger partial charge in [-0.15, -0.1) is 11.3 Å². The van der Waals surface area contributed by atoms with Gasteiger partial charge in [-0.2, -0.15) is 5.26 Å². The molecule has 2 heterocycles. The predicted molar refractivity (Wildman–Crippen MR) is 95.0 cm³/mol. The first-order valence-corrected chi connectivity index (χ1v) is 8.71. The third-order valence-corrected chi connectivity index (χ3v) is 5.38. The van der Waals surface area contributed by atoms with Crippen LogP contribution in [0.4, 0.5) is 0 Å². The van der Waals surface area contributed by atoms with Crippen molar-refractivity contribution in [2.75, 3.05) is 0 Å². The zero-order valence-electron chi connectivity index (χ0n) is 13.0. The molecule has 0 saturated carbocycles. The smallest absolute Gasteiger partial charge is 0.164 e. The fraction of sp³-hybridized carbons (Fsp3) is 0.150. The van der Waals surface area contributed by atoms with Gasteiger partial charge < -0.3 is 0 Å². The lowest BCUT2D eigenvalue weighted by Crippen LogP contribution is -2.13. The van der Waals surface area contributed by atoms with E-state index in [-0.39, 0.29) is 5.78 Å². The molecule has 0 aliphatic heterocycles. The van der Waals surface area contributed by atoms with E-state index in [1.165, 1.54) is 0 Å². The number of aryl methyl sites for hydroxylation is 1. The molecule has 4 heteroatoms. The summed E-state index contributed by atoms with van der Waals surface area (Å²) in [5.41, 5.74) is 3.78. The number of thiophene rings is 1. The van der Waals surface area contributed by atoms with Gasteiger partial charge in [0.2, 0.25) is 0 Å². The van der Waals surface area contributed by atoms with Crippen molar-refractivity contribution in [3.8, 4) is 27.1 Å². The Morgan fingerprint density at radius 2 is 1.83 bits per heavy atom. The Morgan fingerprint density at radius 3 is 2.62 bits per heavy atom. The molecule has 116 valence electrons. The van der Waals surface area contributed by atoms with Crippen LogP contribution in [0.25, 0.3) is 21.0 Å². The quantitative estimate of drug-likeness (QED) is 0.673. The number of rotatable bonds is 2. The number of hydrogen-bond donors (Lipinski definition) is 0. The molecule has 1 aliphatic rings. The van der Waals surface area contributed by atoms with E-state index in [0.29, 0.717) is 23.2 Å². The van der Waals surface area contributed by atoms with Crippen LogP contribution in [-0.2, 0) is 6.42 Å². The topological polar surface area (TPSA) is 53.8 Å². The van der Waals surface area contributed by atoms with Gasteiger partial charge in [-0.1, -0.05) is 30.3 Å². The second-order valence-electron chi connectivity index (χ2n) is 5.80. The maximum absolute atomic E-state index is 12.0. The summed E-state index contributed by atoms with van der Waals surface area (Å²) in [7, 11) is 0. The third-order valence-electron chi connectivity index (χ3n) is 4.24. The van der Waals surface area contributed by atoms with Crippen molar-refractivity contribution in [1.29, 1.82) is 5.26 Å². The molecule has 0 N–H and O–H groups in total. The zero-order valence-corrected chi connectivity index (χ0v) is 13.8. The van der Waals surface area contributed by atoms with E-state index >= 15 is 0 Å². The summed E-state index contributed by atoms with van der Waals surface area (Å²) in [4.78, 5) is 18.8. The first-order valence-electron chi connectivity index (χ1n) is 7.89. The molecule has 3 nitrogen and oxygen atoms in total. The first kappa shape index (κ1) is 14.8. The van der Waals surface area contributed by atoms with Crippen LogP contribution in [0, 0.1) is 11.3 Å². The van der Waals surface area contributed by atoms with Gasteiger partial charge in [0, 0.05) is 16.9 Å². The van der Waals surface area contributed by atoms with Crippen LogP contribution in [0.15, 0.2) is 48.5 Å². The summed E-state index contributed by atoms with van der Waals surface area (Å²) in [6.45, 7) is 0.